The van der Waals surface area contributed by atoms with Crippen LogP contribution in [0.1, 0.15) is 11.7 Å². The number of alkyl halides is 1. The molecule has 17 heavy (non-hydrogen) atoms. The van der Waals surface area contributed by atoms with E-state index in [1.165, 1.54) is 6.20 Å². The van der Waals surface area contributed by atoms with Gasteiger partial charge in [-0.1, -0.05) is 30.3 Å². The average molecular weight is 253 g/mol. The lowest BCUT2D eigenvalue weighted by molar-refractivity contribution is 0.0331. The Hall–Kier alpha value is -1.36. The third kappa shape index (κ3) is 2.49. The lowest BCUT2D eigenvalue weighted by atomic mass is 10.0. The molecule has 3 N–H and O–H groups in total. The minimum atomic E-state index is -1.04. The van der Waals surface area contributed by atoms with Crippen LogP contribution >= 0.6 is 11.6 Å². The molecule has 0 bridgehead atoms. The summed E-state index contributed by atoms with van der Waals surface area (Å²) in [5.41, 5.74) is 2.15. The fourth-order valence-electron chi connectivity index (χ4n) is 1.65. The van der Waals surface area contributed by atoms with E-state index in [0.29, 0.717) is 11.3 Å². The van der Waals surface area contributed by atoms with Crippen molar-refractivity contribution < 1.29 is 10.2 Å². The van der Waals surface area contributed by atoms with Crippen LogP contribution in [0, 0.1) is 0 Å². The van der Waals surface area contributed by atoms with Gasteiger partial charge in [0.2, 0.25) is 0 Å². The van der Waals surface area contributed by atoms with Gasteiger partial charge < -0.3 is 10.2 Å². The van der Waals surface area contributed by atoms with Crippen LogP contribution in [0.2, 0.25) is 0 Å². The Morgan fingerprint density at radius 3 is 2.59 bits per heavy atom. The minimum Gasteiger partial charge on any atom is -0.389 e. The first-order valence-electron chi connectivity index (χ1n) is 5.25. The second-order valence-corrected chi connectivity index (χ2v) is 4.04. The number of aliphatic hydroxyl groups excluding tert-OH is 2. The highest BCUT2D eigenvalue weighted by Crippen LogP contribution is 2.27. The molecule has 1 heterocycles. The van der Waals surface area contributed by atoms with Gasteiger partial charge in [0.15, 0.2) is 0 Å². The van der Waals surface area contributed by atoms with Crippen molar-refractivity contribution in [2.45, 2.75) is 12.2 Å². The highest BCUT2D eigenvalue weighted by atomic mass is 35.5. The molecule has 0 radical (unpaired) electrons. The predicted octanol–water partition coefficient (Wildman–Crippen LogP) is 1.71. The minimum absolute atomic E-state index is 0.0272. The maximum atomic E-state index is 9.93. The van der Waals surface area contributed by atoms with Crippen LogP contribution in [0.4, 0.5) is 0 Å². The van der Waals surface area contributed by atoms with Gasteiger partial charge in [-0.25, -0.2) is 0 Å². The van der Waals surface area contributed by atoms with Crippen LogP contribution in [0.3, 0.4) is 0 Å². The number of H-pyrrole nitrogens is 1. The third-order valence-electron chi connectivity index (χ3n) is 2.57. The fourth-order valence-corrected chi connectivity index (χ4v) is 1.82. The molecule has 0 aliphatic carbocycles. The molecule has 2 rings (SSSR count). The van der Waals surface area contributed by atoms with Crippen molar-refractivity contribution in [3.8, 4) is 11.3 Å². The van der Waals surface area contributed by atoms with Crippen molar-refractivity contribution in [2.24, 2.45) is 0 Å². The summed E-state index contributed by atoms with van der Waals surface area (Å²) >= 11 is 5.52. The Kier molecular flexibility index (Phi) is 3.78. The molecule has 5 heteroatoms. The van der Waals surface area contributed by atoms with Gasteiger partial charge in [0, 0.05) is 5.56 Å². The zero-order chi connectivity index (χ0) is 12.3. The number of nitrogens with zero attached hydrogens (tertiary/aromatic N) is 1. The van der Waals surface area contributed by atoms with Crippen LogP contribution in [-0.2, 0) is 0 Å². The van der Waals surface area contributed by atoms with Crippen molar-refractivity contribution in [2.75, 3.05) is 5.88 Å². The summed E-state index contributed by atoms with van der Waals surface area (Å²) in [6, 6.07) is 9.49. The summed E-state index contributed by atoms with van der Waals surface area (Å²) < 4.78 is 0. The molecule has 0 aliphatic rings. The summed E-state index contributed by atoms with van der Waals surface area (Å²) in [6.07, 6.45) is -0.541. The van der Waals surface area contributed by atoms with Gasteiger partial charge in [-0.2, -0.15) is 5.10 Å². The number of nitrogens with one attached hydrogen (secondary N) is 1. The molecule has 4 nitrogen and oxygen atoms in total. The molecule has 2 unspecified atom stereocenters. The molecule has 0 spiro atoms. The zero-order valence-corrected chi connectivity index (χ0v) is 9.80. The smallest absolute Gasteiger partial charge is 0.110 e. The summed E-state index contributed by atoms with van der Waals surface area (Å²) in [7, 11) is 0. The molecular formula is C12H13ClN2O2. The maximum absolute atomic E-state index is 9.93. The lowest BCUT2D eigenvalue weighted by Gasteiger charge is -2.15. The van der Waals surface area contributed by atoms with E-state index >= 15 is 0 Å². The van der Waals surface area contributed by atoms with E-state index in [2.05, 4.69) is 10.2 Å². The molecule has 0 saturated heterocycles. The molecule has 0 amide bonds. The number of benzene rings is 1. The molecule has 1 aromatic heterocycles. The van der Waals surface area contributed by atoms with E-state index in [1.54, 1.807) is 0 Å². The first kappa shape index (κ1) is 12.1. The summed E-state index contributed by atoms with van der Waals surface area (Å²) in [5, 5.41) is 26.2. The van der Waals surface area contributed by atoms with Crippen molar-refractivity contribution >= 4 is 11.6 Å². The van der Waals surface area contributed by atoms with Crippen LogP contribution < -0.4 is 0 Å². The number of hydrogen-bond donors (Lipinski definition) is 3. The van der Waals surface area contributed by atoms with Gasteiger partial charge in [0.1, 0.15) is 6.10 Å². The normalized spacial score (nSPS) is 14.5. The largest absolute Gasteiger partial charge is 0.389 e. The van der Waals surface area contributed by atoms with E-state index in [9.17, 15) is 10.2 Å². The Morgan fingerprint density at radius 2 is 1.94 bits per heavy atom. The van der Waals surface area contributed by atoms with Crippen LogP contribution in [0.15, 0.2) is 36.5 Å². The van der Waals surface area contributed by atoms with Crippen LogP contribution in [0.25, 0.3) is 11.3 Å². The van der Waals surface area contributed by atoms with Gasteiger partial charge in [0.25, 0.3) is 0 Å². The third-order valence-corrected chi connectivity index (χ3v) is 2.89. The van der Waals surface area contributed by atoms with E-state index in [1.807, 2.05) is 30.3 Å². The van der Waals surface area contributed by atoms with Gasteiger partial charge >= 0.3 is 0 Å². The topological polar surface area (TPSA) is 69.1 Å². The van der Waals surface area contributed by atoms with E-state index in [0.717, 1.165) is 5.56 Å². The monoisotopic (exact) mass is 252 g/mol. The van der Waals surface area contributed by atoms with Crippen molar-refractivity contribution in [1.29, 1.82) is 0 Å². The second kappa shape index (κ2) is 5.31. The highest BCUT2D eigenvalue weighted by Gasteiger charge is 2.22. The van der Waals surface area contributed by atoms with Crippen LogP contribution in [0.5, 0.6) is 0 Å². The Morgan fingerprint density at radius 1 is 1.24 bits per heavy atom. The molecule has 0 fully saturated rings. The van der Waals surface area contributed by atoms with Crippen molar-refractivity contribution in [1.82, 2.24) is 10.2 Å². The molecule has 1 aromatic carbocycles. The van der Waals surface area contributed by atoms with Crippen LogP contribution in [-0.4, -0.2) is 32.4 Å². The number of aromatic nitrogens is 2. The summed E-state index contributed by atoms with van der Waals surface area (Å²) in [4.78, 5) is 0. The van der Waals surface area contributed by atoms with Crippen molar-refractivity contribution in [3.63, 3.8) is 0 Å². The number of aromatic amines is 1. The molecule has 2 atom stereocenters. The first-order chi connectivity index (χ1) is 8.24. The average Bonchev–Trinajstić information content (AvgIpc) is 2.87. The maximum Gasteiger partial charge on any atom is 0.110 e. The quantitative estimate of drug-likeness (QED) is 0.726. The summed E-state index contributed by atoms with van der Waals surface area (Å²) in [6.45, 7) is 0. The van der Waals surface area contributed by atoms with E-state index < -0.39 is 12.2 Å². The Bertz CT molecular complexity index is 472. The lowest BCUT2D eigenvalue weighted by Crippen LogP contribution is -2.19. The highest BCUT2D eigenvalue weighted by molar-refractivity contribution is 6.18. The summed E-state index contributed by atoms with van der Waals surface area (Å²) in [5.74, 6) is -0.0272. The molecule has 0 saturated carbocycles. The molecular weight excluding hydrogens is 240 g/mol. The van der Waals surface area contributed by atoms with Crippen molar-refractivity contribution in [3.05, 3.63) is 42.1 Å². The number of rotatable bonds is 4. The van der Waals surface area contributed by atoms with Gasteiger partial charge in [0.05, 0.1) is 23.9 Å². The molecule has 0 aliphatic heterocycles. The zero-order valence-electron chi connectivity index (χ0n) is 9.05. The molecule has 90 valence electrons. The van der Waals surface area contributed by atoms with E-state index in [4.69, 9.17) is 11.6 Å². The Labute approximate surface area is 104 Å². The number of aliphatic hydroxyl groups is 2. The van der Waals surface area contributed by atoms with Gasteiger partial charge in [-0.15, -0.1) is 11.6 Å². The predicted molar refractivity (Wildman–Crippen MR) is 65.7 cm³/mol. The second-order valence-electron chi connectivity index (χ2n) is 3.73. The standard InChI is InChI=1S/C12H13ClN2O2/c13-6-10(16)12(17)9-7-14-15-11(9)8-4-2-1-3-5-8/h1-5,7,10,12,16-17H,6H2,(H,14,15). The van der Waals surface area contributed by atoms with E-state index in [-0.39, 0.29) is 5.88 Å². The number of halogens is 1. The first-order valence-corrected chi connectivity index (χ1v) is 5.78. The Balaban J connectivity index is 2.35. The van der Waals surface area contributed by atoms with Gasteiger partial charge in [-0.3, -0.25) is 5.10 Å². The SMILES string of the molecule is OC(CCl)C(O)c1cn[nH]c1-c1ccccc1. The number of hydrogen-bond acceptors (Lipinski definition) is 3. The molecule has 2 aromatic rings. The van der Waals surface area contributed by atoms with Gasteiger partial charge in [-0.05, 0) is 5.56 Å². The fraction of sp³-hybridized carbons (Fsp3) is 0.250.